The van der Waals surface area contributed by atoms with E-state index in [0.717, 1.165) is 51.4 Å². The largest absolute Gasteiger partial charge is 0.477 e. The van der Waals surface area contributed by atoms with Crippen molar-refractivity contribution >= 4 is 17.9 Å². The first-order valence-corrected chi connectivity index (χ1v) is 23.8. The van der Waals surface area contributed by atoms with Crippen LogP contribution in [0.3, 0.4) is 0 Å². The highest BCUT2D eigenvalue weighted by molar-refractivity contribution is 5.72. The van der Waals surface area contributed by atoms with Crippen molar-refractivity contribution in [3.05, 3.63) is 60.8 Å². The first-order chi connectivity index (χ1) is 28.6. The smallest absolute Gasteiger partial charge is 0.362 e. The Bertz CT molecular complexity index is 1150. The van der Waals surface area contributed by atoms with Crippen LogP contribution in [0.1, 0.15) is 194 Å². The molecule has 2 unspecified atom stereocenters. The predicted molar refractivity (Wildman–Crippen MR) is 247 cm³/mol. The van der Waals surface area contributed by atoms with Crippen molar-refractivity contribution in [3.63, 3.8) is 0 Å². The molecular weight excluding hydrogens is 739 g/mol. The number of quaternary nitrogens is 1. The van der Waals surface area contributed by atoms with Gasteiger partial charge in [0.1, 0.15) is 6.61 Å². The van der Waals surface area contributed by atoms with Gasteiger partial charge in [-0.25, -0.2) is 4.79 Å². The maximum Gasteiger partial charge on any atom is 0.362 e. The van der Waals surface area contributed by atoms with E-state index >= 15 is 0 Å². The van der Waals surface area contributed by atoms with Gasteiger partial charge in [0.05, 0.1) is 34.4 Å². The van der Waals surface area contributed by atoms with Crippen molar-refractivity contribution in [2.75, 3.05) is 41.0 Å². The fourth-order valence-electron chi connectivity index (χ4n) is 6.79. The lowest BCUT2D eigenvalue weighted by Gasteiger charge is -2.31. The summed E-state index contributed by atoms with van der Waals surface area (Å²) in [7, 11) is 5.50. The fourth-order valence-corrected chi connectivity index (χ4v) is 6.79. The summed E-state index contributed by atoms with van der Waals surface area (Å²) in [6.07, 6.45) is 51.4. The molecule has 2 atom stereocenters. The van der Waals surface area contributed by atoms with E-state index < -0.39 is 18.1 Å². The molecule has 0 aromatic rings. The number of hydrogen-bond donors (Lipinski definition) is 1. The van der Waals surface area contributed by atoms with Crippen molar-refractivity contribution in [3.8, 4) is 0 Å². The number of ether oxygens (including phenoxy) is 3. The Labute approximate surface area is 362 Å². The van der Waals surface area contributed by atoms with Gasteiger partial charge in [-0.15, -0.1) is 0 Å². The molecule has 0 aromatic carbocycles. The van der Waals surface area contributed by atoms with Gasteiger partial charge in [-0.2, -0.15) is 0 Å². The summed E-state index contributed by atoms with van der Waals surface area (Å²) in [5, 5.41) is 9.63. The highest BCUT2D eigenvalue weighted by Gasteiger charge is 2.31. The Morgan fingerprint density at radius 2 is 0.949 bits per heavy atom. The number of unbranched alkanes of at least 4 members (excludes halogenated alkanes) is 18. The van der Waals surface area contributed by atoms with Crippen LogP contribution in [-0.4, -0.2) is 80.6 Å². The summed E-state index contributed by atoms with van der Waals surface area (Å²) in [5.74, 6) is -1.57. The lowest BCUT2D eigenvalue weighted by atomic mass is 10.0. The van der Waals surface area contributed by atoms with Crippen molar-refractivity contribution in [2.45, 2.75) is 206 Å². The Morgan fingerprint density at radius 3 is 1.37 bits per heavy atom. The van der Waals surface area contributed by atoms with Crippen LogP contribution in [0.2, 0.25) is 0 Å². The zero-order valence-electron chi connectivity index (χ0n) is 38.7. The molecule has 0 saturated carbocycles. The molecule has 8 nitrogen and oxygen atoms in total. The number of aliphatic carboxylic acids is 1. The molecule has 0 aliphatic carbocycles. The van der Waals surface area contributed by atoms with Gasteiger partial charge in [-0.1, -0.05) is 190 Å². The van der Waals surface area contributed by atoms with E-state index in [1.807, 2.05) is 33.3 Å². The van der Waals surface area contributed by atoms with Crippen LogP contribution in [0.5, 0.6) is 0 Å². The third-order valence-electron chi connectivity index (χ3n) is 10.4. The number of carbonyl (C=O) groups excluding carboxylic acids is 2. The fraction of sp³-hybridized carbons (Fsp3) is 0.745. The number of allylic oxidation sites excluding steroid dienone is 10. The molecule has 0 amide bonds. The second-order valence-electron chi connectivity index (χ2n) is 17.0. The van der Waals surface area contributed by atoms with Crippen LogP contribution >= 0.6 is 0 Å². The molecule has 0 saturated heterocycles. The molecule has 0 heterocycles. The number of carbonyl (C=O) groups is 3. The minimum atomic E-state index is -0.886. The van der Waals surface area contributed by atoms with Crippen molar-refractivity contribution in [2.24, 2.45) is 0 Å². The maximum absolute atomic E-state index is 12.7. The Kier molecular flexibility index (Phi) is 39.6. The van der Waals surface area contributed by atoms with Gasteiger partial charge >= 0.3 is 17.9 Å². The van der Waals surface area contributed by atoms with Gasteiger partial charge in [-0.05, 0) is 44.9 Å². The molecule has 0 fully saturated rings. The SMILES string of the molecule is CC/C=C/C/C=C/C/C=C/C/C=C/C/C=C/CCC(=O)OC(COCCC(C(=O)O)[N+](C)(C)C)COC(=O)CCCCCCCCCCCCCCCCCCCCC. The Morgan fingerprint density at radius 1 is 0.525 bits per heavy atom. The highest BCUT2D eigenvalue weighted by Crippen LogP contribution is 2.15. The number of nitrogens with zero attached hydrogens (tertiary/aromatic N) is 1. The lowest BCUT2D eigenvalue weighted by molar-refractivity contribution is -0.887. The number of rotatable bonds is 42. The minimum absolute atomic E-state index is 0.0312. The van der Waals surface area contributed by atoms with Gasteiger partial charge in [0, 0.05) is 19.3 Å². The minimum Gasteiger partial charge on any atom is -0.477 e. The van der Waals surface area contributed by atoms with E-state index in [1.54, 1.807) is 0 Å². The third-order valence-corrected chi connectivity index (χ3v) is 10.4. The van der Waals surface area contributed by atoms with Gasteiger partial charge in [0.15, 0.2) is 12.1 Å². The topological polar surface area (TPSA) is 99.1 Å². The van der Waals surface area contributed by atoms with E-state index in [0.29, 0.717) is 19.3 Å². The molecule has 8 heteroatoms. The zero-order valence-corrected chi connectivity index (χ0v) is 38.7. The monoisotopic (exact) mass is 829 g/mol. The molecule has 59 heavy (non-hydrogen) atoms. The van der Waals surface area contributed by atoms with E-state index in [4.69, 9.17) is 14.2 Å². The average molecular weight is 829 g/mol. The maximum atomic E-state index is 12.7. The lowest BCUT2D eigenvalue weighted by Crippen LogP contribution is -2.50. The Hall–Kier alpha value is -2.97. The second-order valence-corrected chi connectivity index (χ2v) is 17.0. The molecule has 0 rings (SSSR count). The van der Waals surface area contributed by atoms with Crippen LogP contribution in [0.15, 0.2) is 60.8 Å². The summed E-state index contributed by atoms with van der Waals surface area (Å²) in [6.45, 7) is 4.56. The molecule has 340 valence electrons. The molecule has 1 N–H and O–H groups in total. The van der Waals surface area contributed by atoms with Gasteiger partial charge in [-0.3, -0.25) is 9.59 Å². The normalized spacial score (nSPS) is 13.4. The van der Waals surface area contributed by atoms with Crippen LogP contribution < -0.4 is 0 Å². The van der Waals surface area contributed by atoms with Gasteiger partial charge in [0.25, 0.3) is 0 Å². The predicted octanol–water partition coefficient (Wildman–Crippen LogP) is 13.4. The number of likely N-dealkylation sites (N-methyl/N-ethyl adjacent to an activating group) is 1. The molecule has 0 radical (unpaired) electrons. The second kappa shape index (κ2) is 41.8. The number of carboxylic acid groups (broad SMARTS) is 1. The summed E-state index contributed by atoms with van der Waals surface area (Å²) < 4.78 is 17.2. The van der Waals surface area contributed by atoms with E-state index in [2.05, 4.69) is 62.5 Å². The van der Waals surface area contributed by atoms with Gasteiger partial charge < -0.3 is 23.8 Å². The number of hydrogen-bond acceptors (Lipinski definition) is 6. The van der Waals surface area contributed by atoms with Crippen molar-refractivity contribution < 1.29 is 38.2 Å². The van der Waals surface area contributed by atoms with Crippen LogP contribution in [0.4, 0.5) is 0 Å². The van der Waals surface area contributed by atoms with E-state index in [1.165, 1.54) is 103 Å². The molecule has 0 aromatic heterocycles. The summed E-state index contributed by atoms with van der Waals surface area (Å²) in [5.41, 5.74) is 0. The molecule has 0 spiro atoms. The third kappa shape index (κ3) is 40.2. The summed E-state index contributed by atoms with van der Waals surface area (Å²) >= 11 is 0. The number of carboxylic acids is 1. The Balaban J connectivity index is 4.36. The van der Waals surface area contributed by atoms with Crippen LogP contribution in [-0.2, 0) is 28.6 Å². The molecule has 0 aliphatic heterocycles. The quantitative estimate of drug-likeness (QED) is 0.0283. The molecule has 0 aliphatic rings. The van der Waals surface area contributed by atoms with Crippen LogP contribution in [0.25, 0.3) is 0 Å². The highest BCUT2D eigenvalue weighted by atomic mass is 16.6. The van der Waals surface area contributed by atoms with Crippen LogP contribution in [0, 0.1) is 0 Å². The van der Waals surface area contributed by atoms with Crippen molar-refractivity contribution in [1.29, 1.82) is 0 Å². The molecular formula is C51H90NO7+. The van der Waals surface area contributed by atoms with Crippen molar-refractivity contribution in [1.82, 2.24) is 0 Å². The van der Waals surface area contributed by atoms with E-state index in [-0.39, 0.29) is 42.7 Å². The zero-order chi connectivity index (χ0) is 43.5. The summed E-state index contributed by atoms with van der Waals surface area (Å²) in [4.78, 5) is 37.0. The first-order valence-electron chi connectivity index (χ1n) is 23.8. The number of esters is 2. The molecule has 0 bridgehead atoms. The van der Waals surface area contributed by atoms with E-state index in [9.17, 15) is 19.5 Å². The average Bonchev–Trinajstić information content (AvgIpc) is 3.19. The summed E-state index contributed by atoms with van der Waals surface area (Å²) in [6, 6.07) is -0.628. The first kappa shape index (κ1) is 56.0. The standard InChI is InChI=1S/C51H89NO7/c1-6-8-10-12-14-16-18-20-22-24-25-26-28-29-31-33-35-37-39-41-49(53)58-46-47(45-57-44-43-48(51(55)56)52(3,4)5)59-50(54)42-40-38-36-34-32-30-27-23-21-19-17-15-13-11-9-7-2/h9,11,15,17,21,23,30,32,36,38,47-48H,6-8,10,12-14,16,18-20,22,24-29,31,33-35,37,39-46H2,1-5H3/p+1/b11-9+,17-15+,23-21+,32-30+,38-36+. The van der Waals surface area contributed by atoms with Gasteiger partial charge in [0.2, 0.25) is 0 Å².